The van der Waals surface area contributed by atoms with E-state index in [9.17, 15) is 24.3 Å². The van der Waals surface area contributed by atoms with Crippen LogP contribution in [-0.4, -0.2) is 44.9 Å². The van der Waals surface area contributed by atoms with E-state index in [1.54, 1.807) is 0 Å². The molecule has 3 unspecified atom stereocenters. The molecule has 7 heteroatoms. The lowest BCUT2D eigenvalue weighted by atomic mass is 9.81. The van der Waals surface area contributed by atoms with Crippen molar-refractivity contribution >= 4 is 23.8 Å². The van der Waals surface area contributed by atoms with Crippen molar-refractivity contribution in [3.8, 4) is 0 Å². The van der Waals surface area contributed by atoms with Crippen LogP contribution in [-0.2, 0) is 19.2 Å². The summed E-state index contributed by atoms with van der Waals surface area (Å²) in [7, 11) is 0. The molecule has 0 aromatic heterocycles. The Morgan fingerprint density at radius 3 is 2.00 bits per heavy atom. The number of carbonyl (C=O) groups is 4. The molecule has 2 N–H and O–H groups in total. The smallest absolute Gasteiger partial charge is 0.326 e. The summed E-state index contributed by atoms with van der Waals surface area (Å²) < 4.78 is 0. The third kappa shape index (κ3) is 2.52. The molecule has 2 aliphatic rings. The first-order chi connectivity index (χ1) is 9.43. The van der Waals surface area contributed by atoms with Crippen LogP contribution in [0.5, 0.6) is 0 Å². The van der Waals surface area contributed by atoms with E-state index in [2.05, 4.69) is 0 Å². The summed E-state index contributed by atoms with van der Waals surface area (Å²) in [6.45, 7) is 0. The van der Waals surface area contributed by atoms with Gasteiger partial charge >= 0.3 is 11.9 Å². The van der Waals surface area contributed by atoms with Gasteiger partial charge in [-0.1, -0.05) is 12.8 Å². The number of fused-ring (bicyclic) bond motifs is 1. The van der Waals surface area contributed by atoms with Crippen LogP contribution in [0.1, 0.15) is 38.5 Å². The molecule has 7 nitrogen and oxygen atoms in total. The predicted octanol–water partition coefficient (Wildman–Crippen LogP) is 0.480. The third-order valence-electron chi connectivity index (χ3n) is 4.10. The van der Waals surface area contributed by atoms with E-state index in [-0.39, 0.29) is 12.8 Å². The maximum Gasteiger partial charge on any atom is 0.326 e. The number of amides is 2. The molecule has 110 valence electrons. The van der Waals surface area contributed by atoms with Crippen LogP contribution in [0.3, 0.4) is 0 Å². The fourth-order valence-corrected chi connectivity index (χ4v) is 3.12. The van der Waals surface area contributed by atoms with Crippen molar-refractivity contribution < 1.29 is 29.4 Å². The molecule has 1 aliphatic heterocycles. The molecule has 0 bridgehead atoms. The average Bonchev–Trinajstić information content (AvgIpc) is 2.64. The highest BCUT2D eigenvalue weighted by Crippen LogP contribution is 2.39. The van der Waals surface area contributed by atoms with Crippen LogP contribution < -0.4 is 0 Å². The van der Waals surface area contributed by atoms with Gasteiger partial charge in [-0.2, -0.15) is 0 Å². The van der Waals surface area contributed by atoms with Crippen LogP contribution in [0, 0.1) is 11.8 Å². The maximum atomic E-state index is 12.2. The highest BCUT2D eigenvalue weighted by atomic mass is 16.4. The molecule has 0 radical (unpaired) electrons. The number of imide groups is 1. The Morgan fingerprint density at radius 1 is 1.10 bits per heavy atom. The number of likely N-dealkylation sites (tertiary alicyclic amines) is 1. The molecular weight excluding hydrogens is 266 g/mol. The van der Waals surface area contributed by atoms with Crippen molar-refractivity contribution in [3.63, 3.8) is 0 Å². The van der Waals surface area contributed by atoms with Crippen LogP contribution in [0.15, 0.2) is 0 Å². The van der Waals surface area contributed by atoms with Gasteiger partial charge in [0.2, 0.25) is 11.8 Å². The van der Waals surface area contributed by atoms with Gasteiger partial charge in [0.1, 0.15) is 6.04 Å². The van der Waals surface area contributed by atoms with Gasteiger partial charge in [-0.15, -0.1) is 0 Å². The van der Waals surface area contributed by atoms with Crippen LogP contribution in [0.2, 0.25) is 0 Å². The van der Waals surface area contributed by atoms with Crippen LogP contribution in [0.4, 0.5) is 0 Å². The molecule has 1 saturated heterocycles. The van der Waals surface area contributed by atoms with Gasteiger partial charge in [0.05, 0.1) is 11.8 Å². The molecule has 0 aromatic rings. The van der Waals surface area contributed by atoms with Crippen molar-refractivity contribution in [1.82, 2.24) is 4.90 Å². The largest absolute Gasteiger partial charge is 0.481 e. The SMILES string of the molecule is O=C(O)CCC(C(=O)O)N1C(=O)C2CCCCC2C1=O. The summed E-state index contributed by atoms with van der Waals surface area (Å²) in [5.74, 6) is -4.19. The summed E-state index contributed by atoms with van der Waals surface area (Å²) in [4.78, 5) is 47.1. The zero-order valence-electron chi connectivity index (χ0n) is 10.9. The van der Waals surface area contributed by atoms with E-state index >= 15 is 0 Å². The molecule has 0 aromatic carbocycles. The Bertz CT molecular complexity index is 436. The summed E-state index contributed by atoms with van der Waals surface area (Å²) in [5.41, 5.74) is 0. The first-order valence-corrected chi connectivity index (χ1v) is 6.75. The quantitative estimate of drug-likeness (QED) is 0.710. The van der Waals surface area contributed by atoms with Gasteiger partial charge in [-0.3, -0.25) is 19.3 Å². The maximum absolute atomic E-state index is 12.2. The van der Waals surface area contributed by atoms with Crippen molar-refractivity contribution in [2.45, 2.75) is 44.6 Å². The zero-order valence-corrected chi connectivity index (χ0v) is 10.9. The second-order valence-electron chi connectivity index (χ2n) is 5.33. The second kappa shape index (κ2) is 5.60. The fraction of sp³-hybridized carbons (Fsp3) is 0.692. The molecule has 1 heterocycles. The minimum Gasteiger partial charge on any atom is -0.481 e. The summed E-state index contributed by atoms with van der Waals surface area (Å²) in [6.07, 6.45) is 2.31. The first-order valence-electron chi connectivity index (χ1n) is 6.75. The highest BCUT2D eigenvalue weighted by molar-refractivity contribution is 6.07. The Morgan fingerprint density at radius 2 is 1.60 bits per heavy atom. The van der Waals surface area contributed by atoms with Crippen LogP contribution in [0.25, 0.3) is 0 Å². The Balaban J connectivity index is 2.19. The summed E-state index contributed by atoms with van der Waals surface area (Å²) in [6, 6.07) is -1.36. The van der Waals surface area contributed by atoms with Gasteiger partial charge in [-0.25, -0.2) is 4.79 Å². The number of nitrogens with zero attached hydrogens (tertiary/aromatic N) is 1. The molecule has 2 rings (SSSR count). The molecule has 1 saturated carbocycles. The lowest BCUT2D eigenvalue weighted by Crippen LogP contribution is -2.45. The number of carbonyl (C=O) groups excluding carboxylic acids is 2. The number of carboxylic acid groups (broad SMARTS) is 2. The van der Waals surface area contributed by atoms with Crippen molar-refractivity contribution in [2.24, 2.45) is 11.8 Å². The minimum atomic E-state index is -1.36. The van der Waals surface area contributed by atoms with Crippen molar-refractivity contribution in [2.75, 3.05) is 0 Å². The topological polar surface area (TPSA) is 112 Å². The number of aliphatic carboxylic acids is 2. The van der Waals surface area contributed by atoms with E-state index in [4.69, 9.17) is 5.11 Å². The Kier molecular flexibility index (Phi) is 4.06. The number of hydrogen-bond donors (Lipinski definition) is 2. The standard InChI is InChI=1S/C13H17NO6/c15-10(16)6-5-9(13(19)20)14-11(17)7-3-1-2-4-8(7)12(14)18/h7-9H,1-6H2,(H,15,16)(H,19,20). The summed E-state index contributed by atoms with van der Waals surface area (Å²) in [5, 5.41) is 17.8. The number of carboxylic acids is 2. The van der Waals surface area contributed by atoms with Gasteiger partial charge in [0.15, 0.2) is 0 Å². The zero-order chi connectivity index (χ0) is 14.9. The molecule has 1 aliphatic carbocycles. The van der Waals surface area contributed by atoms with Gasteiger partial charge in [0, 0.05) is 6.42 Å². The molecule has 2 fully saturated rings. The summed E-state index contributed by atoms with van der Waals surface area (Å²) >= 11 is 0. The average molecular weight is 283 g/mol. The first kappa shape index (κ1) is 14.5. The molecule has 0 spiro atoms. The Labute approximate surface area is 115 Å². The molecular formula is C13H17NO6. The van der Waals surface area contributed by atoms with Gasteiger partial charge in [-0.05, 0) is 19.3 Å². The predicted molar refractivity (Wildman–Crippen MR) is 65.6 cm³/mol. The van der Waals surface area contributed by atoms with E-state index in [1.807, 2.05) is 0 Å². The monoisotopic (exact) mass is 283 g/mol. The second-order valence-corrected chi connectivity index (χ2v) is 5.33. The molecule has 2 amide bonds. The third-order valence-corrected chi connectivity index (χ3v) is 4.10. The molecule has 20 heavy (non-hydrogen) atoms. The van der Waals surface area contributed by atoms with Crippen LogP contribution >= 0.6 is 0 Å². The van der Waals surface area contributed by atoms with Gasteiger partial charge < -0.3 is 10.2 Å². The number of hydrogen-bond acceptors (Lipinski definition) is 4. The Hall–Kier alpha value is -1.92. The van der Waals surface area contributed by atoms with E-state index in [0.29, 0.717) is 12.8 Å². The normalized spacial score (nSPS) is 27.3. The minimum absolute atomic E-state index is 0.248. The lowest BCUT2D eigenvalue weighted by Gasteiger charge is -2.22. The van der Waals surface area contributed by atoms with E-state index in [1.165, 1.54) is 0 Å². The fourth-order valence-electron chi connectivity index (χ4n) is 3.12. The van der Waals surface area contributed by atoms with Crippen molar-refractivity contribution in [1.29, 1.82) is 0 Å². The van der Waals surface area contributed by atoms with Crippen molar-refractivity contribution in [3.05, 3.63) is 0 Å². The molecule has 3 atom stereocenters. The van der Waals surface area contributed by atoms with E-state index in [0.717, 1.165) is 17.7 Å². The van der Waals surface area contributed by atoms with Gasteiger partial charge in [0.25, 0.3) is 0 Å². The number of rotatable bonds is 5. The van der Waals surface area contributed by atoms with E-state index < -0.39 is 41.6 Å². The highest BCUT2D eigenvalue weighted by Gasteiger charge is 2.51. The lowest BCUT2D eigenvalue weighted by molar-refractivity contribution is -0.156.